The number of rotatable bonds is 8. The summed E-state index contributed by atoms with van der Waals surface area (Å²) in [7, 11) is -1.49. The van der Waals surface area contributed by atoms with Crippen molar-refractivity contribution in [2.45, 2.75) is 81.8 Å². The van der Waals surface area contributed by atoms with Crippen LogP contribution < -0.4 is 0 Å². The molecule has 0 radical (unpaired) electrons. The van der Waals surface area contributed by atoms with Gasteiger partial charge in [-0.25, -0.2) is 13.2 Å². The molecular weight excluding hydrogens is 650 g/mol. The Kier molecular flexibility index (Phi) is 12.3. The van der Waals surface area contributed by atoms with Gasteiger partial charge < -0.3 is 14.9 Å². The van der Waals surface area contributed by atoms with E-state index in [4.69, 9.17) is 9.90 Å². The van der Waals surface area contributed by atoms with E-state index in [1.807, 2.05) is 4.90 Å². The molecule has 1 N–H and O–H groups in total. The molecule has 1 aliphatic carbocycles. The normalized spacial score (nSPS) is 22.8. The summed E-state index contributed by atoms with van der Waals surface area (Å²) in [5.74, 6) is -3.53. The second-order valence-electron chi connectivity index (χ2n) is 12.3. The molecule has 1 saturated carbocycles. The maximum Gasteiger partial charge on any atom is 0.490 e. The monoisotopic (exact) mass is 690 g/mol. The second-order valence-corrected chi connectivity index (χ2v) is 14.3. The summed E-state index contributed by atoms with van der Waals surface area (Å²) in [5, 5.41) is 7.12. The maximum atomic E-state index is 13.6. The minimum absolute atomic E-state index is 0.0301. The molecule has 2 aromatic rings. The number of carboxylic acids is 1. The number of carboxylic acid groups (broad SMARTS) is 1. The number of sulfone groups is 1. The number of nitrogens with zero attached hydrogens (tertiary/aromatic N) is 2. The van der Waals surface area contributed by atoms with Crippen molar-refractivity contribution in [2.75, 3.05) is 19.3 Å². The van der Waals surface area contributed by atoms with Gasteiger partial charge in [0.2, 0.25) is 5.91 Å². The summed E-state index contributed by atoms with van der Waals surface area (Å²) >= 11 is 0. The van der Waals surface area contributed by atoms with E-state index in [0.717, 1.165) is 18.6 Å². The van der Waals surface area contributed by atoms with Crippen LogP contribution in [-0.4, -0.2) is 78.8 Å². The molecule has 1 heterocycles. The van der Waals surface area contributed by atoms with E-state index in [1.54, 1.807) is 49.4 Å². The zero-order valence-electron chi connectivity index (χ0n) is 26.6. The number of carbonyl (C=O) groups excluding carboxylic acids is 1. The van der Waals surface area contributed by atoms with Gasteiger partial charge in [-0.15, -0.1) is 0 Å². The van der Waals surface area contributed by atoms with Crippen molar-refractivity contribution >= 4 is 27.3 Å². The zero-order valence-corrected chi connectivity index (χ0v) is 27.4. The van der Waals surface area contributed by atoms with E-state index in [9.17, 15) is 39.6 Å². The predicted molar refractivity (Wildman–Crippen MR) is 165 cm³/mol. The number of hydrogen-bond donors (Lipinski definition) is 1. The highest BCUT2D eigenvalue weighted by atomic mass is 32.2. The van der Waals surface area contributed by atoms with E-state index >= 15 is 0 Å². The molecule has 1 aliphatic heterocycles. The highest BCUT2D eigenvalue weighted by Gasteiger charge is 2.43. The molecule has 0 aromatic heterocycles. The molecule has 14 heteroatoms. The Morgan fingerprint density at radius 3 is 2.19 bits per heavy atom. The Labute approximate surface area is 271 Å². The van der Waals surface area contributed by atoms with E-state index in [0.29, 0.717) is 47.9 Å². The number of allylic oxidation sites excluding steroid dienone is 1. The van der Waals surface area contributed by atoms with Gasteiger partial charge in [0.1, 0.15) is 0 Å². The van der Waals surface area contributed by atoms with E-state index < -0.39 is 39.6 Å². The second kappa shape index (κ2) is 15.2. The van der Waals surface area contributed by atoms with Crippen LogP contribution in [-0.2, 0) is 25.6 Å². The first-order valence-electron chi connectivity index (χ1n) is 15.2. The molecule has 1 amide bonds. The minimum Gasteiger partial charge on any atom is -0.475 e. The van der Waals surface area contributed by atoms with Gasteiger partial charge in [-0.05, 0) is 94.8 Å². The van der Waals surface area contributed by atoms with Gasteiger partial charge in [-0.1, -0.05) is 36.4 Å². The molecule has 2 aromatic carbocycles. The average Bonchev–Trinajstić information content (AvgIpc) is 3.35. The van der Waals surface area contributed by atoms with Gasteiger partial charge in [0.05, 0.1) is 22.1 Å². The quantitative estimate of drug-likeness (QED) is 0.302. The summed E-state index contributed by atoms with van der Waals surface area (Å²) < 4.78 is 98.2. The molecule has 2 aliphatic rings. The fourth-order valence-corrected chi connectivity index (χ4v) is 7.84. The Hall–Kier alpha value is -3.39. The van der Waals surface area contributed by atoms with Crippen molar-refractivity contribution in [3.05, 3.63) is 71.8 Å². The molecule has 7 nitrogen and oxygen atoms in total. The lowest BCUT2D eigenvalue weighted by Crippen LogP contribution is -2.51. The minimum atomic E-state index is -5.08. The van der Waals surface area contributed by atoms with Crippen molar-refractivity contribution in [1.82, 2.24) is 9.80 Å². The van der Waals surface area contributed by atoms with Crippen LogP contribution in [0.5, 0.6) is 0 Å². The fraction of sp³-hybridized carbons (Fsp3) is 0.515. The summed E-state index contributed by atoms with van der Waals surface area (Å²) in [6, 6.07) is 13.9. The molecule has 4 rings (SSSR count). The largest absolute Gasteiger partial charge is 0.490 e. The topological polar surface area (TPSA) is 95.0 Å². The predicted octanol–water partition coefficient (Wildman–Crippen LogP) is 6.94. The number of amides is 1. The molecule has 0 spiro atoms. The Morgan fingerprint density at radius 2 is 1.64 bits per heavy atom. The standard InChI is InChI=1S/C31H39F3N2O3S.C2HF3O2/c1-21(2)35(4)27-13-14-29(25(19-27)20-40(38,39)28-11-6-5-7-12-28)36-16-15-24(30(36)37)17-22(3)23-9-8-10-26(18-23)31(32,33)34;3-2(4,5)1(6)7/h5-12,17-18,21,24-25,27,29H,13-16,19-20H2,1-4H3;(H,6,7)/b22-17+;/t24-,25+,27-,29+;/m1./s1. The van der Waals surface area contributed by atoms with Crippen LogP contribution >= 0.6 is 0 Å². The average molecular weight is 691 g/mol. The van der Waals surface area contributed by atoms with E-state index in [1.165, 1.54) is 6.07 Å². The van der Waals surface area contributed by atoms with Gasteiger partial charge in [0.15, 0.2) is 9.84 Å². The summed E-state index contributed by atoms with van der Waals surface area (Å²) in [6.45, 7) is 6.48. The molecule has 1 saturated heterocycles. The molecule has 0 bridgehead atoms. The number of benzene rings is 2. The fourth-order valence-electron chi connectivity index (χ4n) is 6.16. The number of alkyl halides is 6. The first-order chi connectivity index (χ1) is 21.7. The molecular formula is C33H40F6N2O5S. The summed E-state index contributed by atoms with van der Waals surface area (Å²) in [6.07, 6.45) is -4.93. The number of aliphatic carboxylic acids is 1. The maximum absolute atomic E-state index is 13.6. The van der Waals surface area contributed by atoms with Crippen molar-refractivity contribution < 1.29 is 49.5 Å². The Bertz CT molecular complexity index is 1530. The lowest BCUT2D eigenvalue weighted by molar-refractivity contribution is -0.192. The van der Waals surface area contributed by atoms with Crippen LogP contribution in [0.25, 0.3) is 5.57 Å². The lowest BCUT2D eigenvalue weighted by atomic mass is 9.81. The number of halogens is 6. The van der Waals surface area contributed by atoms with Crippen LogP contribution in [0.4, 0.5) is 26.3 Å². The van der Waals surface area contributed by atoms with Crippen LogP contribution in [0.2, 0.25) is 0 Å². The smallest absolute Gasteiger partial charge is 0.475 e. The summed E-state index contributed by atoms with van der Waals surface area (Å²) in [5.41, 5.74) is 0.338. The van der Waals surface area contributed by atoms with Crippen LogP contribution in [0, 0.1) is 11.8 Å². The van der Waals surface area contributed by atoms with Crippen molar-refractivity contribution in [2.24, 2.45) is 11.8 Å². The van der Waals surface area contributed by atoms with Crippen molar-refractivity contribution in [3.63, 3.8) is 0 Å². The Balaban J connectivity index is 0.000000771. The van der Waals surface area contributed by atoms with Gasteiger partial charge in [0, 0.05) is 24.7 Å². The number of likely N-dealkylation sites (tertiary alicyclic amines) is 1. The SMILES string of the molecule is C/C(=C\[C@H]1CCN([C@H]2CC[C@@H](N(C)C(C)C)C[C@H]2CS(=O)(=O)c2ccccc2)C1=O)c1cccc(C(F)(F)F)c1.O=C(O)C(F)(F)F. The molecule has 4 atom stereocenters. The Morgan fingerprint density at radius 1 is 1.02 bits per heavy atom. The number of carbonyl (C=O) groups is 2. The van der Waals surface area contributed by atoms with Crippen molar-refractivity contribution in [1.29, 1.82) is 0 Å². The number of hydrogen-bond acceptors (Lipinski definition) is 5. The molecule has 260 valence electrons. The zero-order chi connectivity index (χ0) is 35.3. The highest BCUT2D eigenvalue weighted by Crippen LogP contribution is 2.38. The first-order valence-corrected chi connectivity index (χ1v) is 16.8. The van der Waals surface area contributed by atoms with Gasteiger partial charge in [-0.2, -0.15) is 26.3 Å². The highest BCUT2D eigenvalue weighted by molar-refractivity contribution is 7.91. The summed E-state index contributed by atoms with van der Waals surface area (Å²) in [4.78, 5) is 27.0. The van der Waals surface area contributed by atoms with Crippen LogP contribution in [0.15, 0.2) is 65.6 Å². The van der Waals surface area contributed by atoms with Gasteiger partial charge >= 0.3 is 18.3 Å². The molecule has 47 heavy (non-hydrogen) atoms. The van der Waals surface area contributed by atoms with Gasteiger partial charge in [-0.3, -0.25) is 4.79 Å². The van der Waals surface area contributed by atoms with Gasteiger partial charge in [0.25, 0.3) is 0 Å². The van der Waals surface area contributed by atoms with Crippen LogP contribution in [0.1, 0.15) is 57.6 Å². The van der Waals surface area contributed by atoms with Crippen LogP contribution in [0.3, 0.4) is 0 Å². The third kappa shape index (κ3) is 10.1. The lowest BCUT2D eigenvalue weighted by Gasteiger charge is -2.44. The van der Waals surface area contributed by atoms with E-state index in [-0.39, 0.29) is 29.7 Å². The van der Waals surface area contributed by atoms with Crippen molar-refractivity contribution in [3.8, 4) is 0 Å². The molecule has 0 unspecified atom stereocenters. The molecule has 2 fully saturated rings. The third-order valence-electron chi connectivity index (χ3n) is 8.86. The first kappa shape index (κ1) is 38.1. The van der Waals surface area contributed by atoms with E-state index in [2.05, 4.69) is 25.8 Å². The third-order valence-corrected chi connectivity index (χ3v) is 10.7.